The molecule has 40 heavy (non-hydrogen) atoms. The van der Waals surface area contributed by atoms with E-state index in [-0.39, 0.29) is 43.2 Å². The highest BCUT2D eigenvalue weighted by Crippen LogP contribution is 2.42. The van der Waals surface area contributed by atoms with Crippen molar-refractivity contribution in [2.45, 2.75) is 137 Å². The lowest BCUT2D eigenvalue weighted by Gasteiger charge is -2.49. The Hall–Kier alpha value is -0.560. The molecular formula is C26H45O14+. The van der Waals surface area contributed by atoms with E-state index in [1.165, 1.54) is 0 Å². The van der Waals surface area contributed by atoms with Crippen LogP contribution < -0.4 is 0 Å². The predicted molar refractivity (Wildman–Crippen MR) is 132 cm³/mol. The van der Waals surface area contributed by atoms with Crippen molar-refractivity contribution in [1.29, 1.82) is 0 Å². The lowest BCUT2D eigenvalue weighted by atomic mass is 9.73. The third kappa shape index (κ3) is 6.36. The van der Waals surface area contributed by atoms with Gasteiger partial charge in [0.2, 0.25) is 0 Å². The van der Waals surface area contributed by atoms with Crippen LogP contribution >= 0.6 is 0 Å². The van der Waals surface area contributed by atoms with Crippen molar-refractivity contribution in [2.75, 3.05) is 13.2 Å². The van der Waals surface area contributed by atoms with Gasteiger partial charge in [0, 0.05) is 18.8 Å². The fraction of sp³-hybridized carbons (Fsp3) is 1.00. The standard InChI is InChI=1S/C26H44O14/c27-8-18-20(33)21(34)24(40-25-22(35)19(32)15(31)9-36-25)26(39-18)38-17-7-13-14(30)5-12(29)6-16(13)37-23(17)10-1-3-11(28)4-2-10/h10-35H,1-9H2/p+1/t10?,11?,12?,13?,14?,15-,16?,17?,18-,19-,20-,21+,22-,23?,24-,25+,26-/m1/s1. The zero-order chi connectivity index (χ0) is 28.7. The maximum Gasteiger partial charge on any atom is 0.187 e. The SMILES string of the molecule is OC[C@H]1O[C@@H](OC2CC3C(O)CC(O)CC3[OH+]C2C2CCC(O)CC2)[C@H](O[C@@H]2OC[C@@H](O)[C@@H](O)[C@H]2O)[C@@H](O)[C@@H]1O. The van der Waals surface area contributed by atoms with Gasteiger partial charge < -0.3 is 69.6 Å². The summed E-state index contributed by atoms with van der Waals surface area (Å²) in [6.07, 6.45) is -12.8. The predicted octanol–water partition coefficient (Wildman–Crippen LogP) is -4.01. The van der Waals surface area contributed by atoms with Gasteiger partial charge in [-0.3, -0.25) is 0 Å². The molecule has 15 atom stereocenters. The molecular weight excluding hydrogens is 536 g/mol. The topological polar surface area (TPSA) is 232 Å². The zero-order valence-corrected chi connectivity index (χ0v) is 22.3. The fourth-order valence-corrected chi connectivity index (χ4v) is 7.01. The number of hydrogen-bond donors (Lipinski definition) is 9. The van der Waals surface area contributed by atoms with E-state index >= 15 is 0 Å². The molecule has 3 aliphatic heterocycles. The second-order valence-electron chi connectivity index (χ2n) is 12.1. The Morgan fingerprint density at radius 1 is 0.700 bits per heavy atom. The van der Waals surface area contributed by atoms with Crippen LogP contribution in [0.1, 0.15) is 44.9 Å². The molecule has 5 aliphatic rings. The van der Waals surface area contributed by atoms with Gasteiger partial charge in [-0.05, 0) is 32.1 Å². The van der Waals surface area contributed by atoms with Crippen molar-refractivity contribution in [3.8, 4) is 0 Å². The summed E-state index contributed by atoms with van der Waals surface area (Å²) in [7, 11) is 0. The maximum atomic E-state index is 11.0. The molecule has 3 saturated heterocycles. The monoisotopic (exact) mass is 581 g/mol. The average molecular weight is 582 g/mol. The van der Waals surface area contributed by atoms with Crippen LogP contribution in [-0.2, 0) is 18.9 Å². The summed E-state index contributed by atoms with van der Waals surface area (Å²) in [5.41, 5.74) is 0. The average Bonchev–Trinajstić information content (AvgIpc) is 2.93. The minimum atomic E-state index is -1.67. The largest absolute Gasteiger partial charge is 0.427 e. The smallest absolute Gasteiger partial charge is 0.187 e. The summed E-state index contributed by atoms with van der Waals surface area (Å²) in [5.74, 6) is -0.233. The van der Waals surface area contributed by atoms with Crippen molar-refractivity contribution in [2.24, 2.45) is 11.8 Å². The second-order valence-corrected chi connectivity index (χ2v) is 12.1. The summed E-state index contributed by atoms with van der Waals surface area (Å²) < 4.78 is 28.5. The first-order valence-corrected chi connectivity index (χ1v) is 14.4. The van der Waals surface area contributed by atoms with E-state index in [0.29, 0.717) is 38.5 Å². The minimum absolute atomic E-state index is 0.0535. The summed E-state index contributed by atoms with van der Waals surface area (Å²) in [6, 6.07) is 0. The lowest BCUT2D eigenvalue weighted by molar-refractivity contribution is -0.381. The molecule has 3 heterocycles. The van der Waals surface area contributed by atoms with Crippen LogP contribution in [0.5, 0.6) is 0 Å². The third-order valence-corrected chi connectivity index (χ3v) is 9.37. The van der Waals surface area contributed by atoms with Crippen LogP contribution in [0.4, 0.5) is 0 Å². The van der Waals surface area contributed by atoms with E-state index in [4.69, 9.17) is 23.7 Å². The zero-order valence-electron chi connectivity index (χ0n) is 22.3. The highest BCUT2D eigenvalue weighted by Gasteiger charge is 2.55. The van der Waals surface area contributed by atoms with E-state index in [0.717, 1.165) is 0 Å². The molecule has 0 amide bonds. The lowest BCUT2D eigenvalue weighted by Crippen LogP contribution is -2.65. The highest BCUT2D eigenvalue weighted by molar-refractivity contribution is 4.98. The molecule has 0 aromatic carbocycles. The van der Waals surface area contributed by atoms with E-state index in [1.807, 2.05) is 0 Å². The van der Waals surface area contributed by atoms with E-state index < -0.39 is 80.2 Å². The van der Waals surface area contributed by atoms with Crippen LogP contribution in [0.2, 0.25) is 0 Å². The molecule has 2 aliphatic carbocycles. The second kappa shape index (κ2) is 13.0. The van der Waals surface area contributed by atoms with Gasteiger partial charge in [0.25, 0.3) is 0 Å². The van der Waals surface area contributed by atoms with Gasteiger partial charge in [0.15, 0.2) is 24.8 Å². The highest BCUT2D eigenvalue weighted by atomic mass is 16.8. The maximum absolute atomic E-state index is 11.0. The number of rotatable bonds is 6. The summed E-state index contributed by atoms with van der Waals surface area (Å²) in [4.78, 5) is 0. The van der Waals surface area contributed by atoms with Crippen molar-refractivity contribution >= 4 is 0 Å². The van der Waals surface area contributed by atoms with Gasteiger partial charge in [-0.2, -0.15) is 0 Å². The molecule has 232 valence electrons. The Labute approximate surface area is 232 Å². The third-order valence-electron chi connectivity index (χ3n) is 9.37. The van der Waals surface area contributed by atoms with E-state index in [1.54, 1.807) is 0 Å². The fourth-order valence-electron chi connectivity index (χ4n) is 7.01. The van der Waals surface area contributed by atoms with Gasteiger partial charge in [0.1, 0.15) is 48.8 Å². The van der Waals surface area contributed by atoms with Crippen LogP contribution in [0.25, 0.3) is 0 Å². The van der Waals surface area contributed by atoms with E-state index in [2.05, 4.69) is 0 Å². The quantitative estimate of drug-likeness (QED) is 0.136. The Bertz CT molecular complexity index is 812. The van der Waals surface area contributed by atoms with Crippen molar-refractivity contribution in [3.05, 3.63) is 0 Å². The Morgan fingerprint density at radius 2 is 1.43 bits per heavy atom. The molecule has 2 saturated carbocycles. The van der Waals surface area contributed by atoms with Crippen LogP contribution in [0.15, 0.2) is 0 Å². The molecule has 5 rings (SSSR count). The van der Waals surface area contributed by atoms with Crippen molar-refractivity contribution < 1.29 is 69.6 Å². The summed E-state index contributed by atoms with van der Waals surface area (Å²) in [6.45, 7) is -0.970. The molecule has 0 aromatic heterocycles. The molecule has 0 spiro atoms. The Kier molecular flexibility index (Phi) is 10.0. The molecule has 14 heteroatoms. The van der Waals surface area contributed by atoms with Gasteiger partial charge >= 0.3 is 0 Å². The van der Waals surface area contributed by atoms with Gasteiger partial charge in [-0.15, -0.1) is 0 Å². The van der Waals surface area contributed by atoms with Gasteiger partial charge in [-0.25, -0.2) is 0 Å². The first-order valence-electron chi connectivity index (χ1n) is 14.4. The first-order chi connectivity index (χ1) is 19.1. The number of aliphatic hydroxyl groups is 11. The number of fused-ring (bicyclic) bond motifs is 1. The number of aliphatic hydroxyl groups excluding tert-OH is 9. The summed E-state index contributed by atoms with van der Waals surface area (Å²) in [5, 5.41) is 92.7. The van der Waals surface area contributed by atoms with Gasteiger partial charge in [0.05, 0.1) is 37.4 Å². The Balaban J connectivity index is 1.38. The first kappa shape index (κ1) is 30.9. The van der Waals surface area contributed by atoms with Crippen molar-refractivity contribution in [1.82, 2.24) is 0 Å². The molecule has 0 bridgehead atoms. The number of ether oxygens (including phenoxy) is 5. The summed E-state index contributed by atoms with van der Waals surface area (Å²) >= 11 is 0. The normalized spacial score (nSPS) is 54.1. The Morgan fingerprint density at radius 3 is 2.12 bits per heavy atom. The molecule has 6 unspecified atom stereocenters. The number of hydrogen-bond acceptors (Lipinski definition) is 13. The van der Waals surface area contributed by atoms with Crippen molar-refractivity contribution in [3.63, 3.8) is 0 Å². The van der Waals surface area contributed by atoms with Crippen LogP contribution in [0, 0.1) is 11.8 Å². The van der Waals surface area contributed by atoms with Crippen LogP contribution in [0.3, 0.4) is 0 Å². The molecule has 5 fully saturated rings. The molecule has 0 aromatic rings. The van der Waals surface area contributed by atoms with E-state index in [9.17, 15) is 46.0 Å². The van der Waals surface area contributed by atoms with Gasteiger partial charge in [-0.1, -0.05) is 0 Å². The minimum Gasteiger partial charge on any atom is -0.427 e. The molecule has 14 nitrogen and oxygen atoms in total. The molecule has 10 N–H and O–H groups in total. The van der Waals surface area contributed by atoms with Crippen LogP contribution in [-0.4, -0.2) is 156 Å². The molecule has 0 radical (unpaired) electrons.